The van der Waals surface area contributed by atoms with E-state index < -0.39 is 21.8 Å². The Bertz CT molecular complexity index is 600. The molecule has 0 radical (unpaired) electrons. The van der Waals surface area contributed by atoms with E-state index in [1.807, 2.05) is 13.8 Å². The Kier molecular flexibility index (Phi) is 5.85. The fourth-order valence-electron chi connectivity index (χ4n) is 1.72. The minimum Gasteiger partial charge on any atom is -0.210 e. The third-order valence-electron chi connectivity index (χ3n) is 3.07. The maximum Gasteiger partial charge on any atom is 0.416 e. The molecule has 3 nitrogen and oxygen atoms in total. The van der Waals surface area contributed by atoms with Crippen LogP contribution in [-0.4, -0.2) is 19.8 Å². The minimum absolute atomic E-state index is 0.0987. The highest BCUT2D eigenvalue weighted by molar-refractivity contribution is 9.09. The lowest BCUT2D eigenvalue weighted by Gasteiger charge is -2.17. The summed E-state index contributed by atoms with van der Waals surface area (Å²) in [6.07, 6.45) is -4.58. The van der Waals surface area contributed by atoms with Crippen molar-refractivity contribution in [3.05, 3.63) is 29.3 Å². The van der Waals surface area contributed by atoms with E-state index >= 15 is 0 Å². The fraction of sp³-hybridized carbons (Fsp3) is 0.538. The highest BCUT2D eigenvalue weighted by atomic mass is 79.9. The molecule has 21 heavy (non-hydrogen) atoms. The molecule has 1 aromatic rings. The summed E-state index contributed by atoms with van der Waals surface area (Å²) in [4.78, 5) is -0.445. The van der Waals surface area contributed by atoms with E-state index in [0.29, 0.717) is 0 Å². The van der Waals surface area contributed by atoms with Gasteiger partial charge in [-0.05, 0) is 30.5 Å². The van der Waals surface area contributed by atoms with Crippen LogP contribution in [0.4, 0.5) is 13.2 Å². The number of rotatable bonds is 5. The Balaban J connectivity index is 3.10. The van der Waals surface area contributed by atoms with Gasteiger partial charge in [-0.25, -0.2) is 13.1 Å². The van der Waals surface area contributed by atoms with Crippen LogP contribution < -0.4 is 4.72 Å². The Labute approximate surface area is 131 Å². The van der Waals surface area contributed by atoms with Gasteiger partial charge in [-0.1, -0.05) is 35.8 Å². The summed E-state index contributed by atoms with van der Waals surface area (Å²) in [5.41, 5.74) is -1.24. The molecule has 1 rings (SSSR count). The summed E-state index contributed by atoms with van der Waals surface area (Å²) in [6, 6.07) is 3.14. The maximum absolute atomic E-state index is 12.8. The van der Waals surface area contributed by atoms with Crippen molar-refractivity contribution < 1.29 is 21.6 Å². The molecule has 1 unspecified atom stereocenters. The van der Waals surface area contributed by atoms with E-state index in [2.05, 4.69) is 20.7 Å². The van der Waals surface area contributed by atoms with E-state index in [0.717, 1.165) is 19.1 Å². The number of halogens is 4. The predicted molar refractivity (Wildman–Crippen MR) is 78.9 cm³/mol. The van der Waals surface area contributed by atoms with Gasteiger partial charge in [-0.3, -0.25) is 0 Å². The maximum atomic E-state index is 12.8. The van der Waals surface area contributed by atoms with Crippen LogP contribution in [0.25, 0.3) is 0 Å². The van der Waals surface area contributed by atoms with Crippen molar-refractivity contribution in [1.29, 1.82) is 0 Å². The van der Waals surface area contributed by atoms with E-state index in [1.54, 1.807) is 0 Å². The van der Waals surface area contributed by atoms with Crippen molar-refractivity contribution in [3.8, 4) is 0 Å². The van der Waals surface area contributed by atoms with Crippen LogP contribution in [-0.2, 0) is 16.2 Å². The van der Waals surface area contributed by atoms with Crippen molar-refractivity contribution in [2.45, 2.75) is 36.7 Å². The average Bonchev–Trinajstić information content (AvgIpc) is 2.34. The zero-order chi connectivity index (χ0) is 16.4. The first-order valence-electron chi connectivity index (χ1n) is 6.27. The van der Waals surface area contributed by atoms with Crippen molar-refractivity contribution >= 4 is 26.0 Å². The van der Waals surface area contributed by atoms with E-state index in [1.165, 1.54) is 6.07 Å². The average molecular weight is 388 g/mol. The molecule has 0 fully saturated rings. The molecule has 0 heterocycles. The smallest absolute Gasteiger partial charge is 0.210 e. The van der Waals surface area contributed by atoms with Crippen molar-refractivity contribution in [2.75, 3.05) is 6.54 Å². The van der Waals surface area contributed by atoms with Gasteiger partial charge in [-0.15, -0.1) is 0 Å². The molecule has 0 amide bonds. The quantitative estimate of drug-likeness (QED) is 0.782. The molecule has 0 saturated heterocycles. The normalized spacial score (nSPS) is 14.5. The van der Waals surface area contributed by atoms with Crippen LogP contribution in [0.5, 0.6) is 0 Å². The molecule has 0 spiro atoms. The molecule has 0 aliphatic carbocycles. The second-order valence-corrected chi connectivity index (χ2v) is 7.95. The second kappa shape index (κ2) is 6.66. The lowest BCUT2D eigenvalue weighted by Crippen LogP contribution is -2.32. The van der Waals surface area contributed by atoms with Crippen LogP contribution in [0.3, 0.4) is 0 Å². The summed E-state index contributed by atoms with van der Waals surface area (Å²) < 4.78 is 65.1. The van der Waals surface area contributed by atoms with Crippen LogP contribution in [0.2, 0.25) is 0 Å². The molecule has 0 bridgehead atoms. The van der Waals surface area contributed by atoms with Crippen LogP contribution in [0.15, 0.2) is 23.1 Å². The molecule has 1 N–H and O–H groups in total. The van der Waals surface area contributed by atoms with Crippen LogP contribution in [0, 0.1) is 12.8 Å². The molecule has 0 aliphatic rings. The Morgan fingerprint density at radius 3 is 2.33 bits per heavy atom. The summed E-state index contributed by atoms with van der Waals surface area (Å²) in [7, 11) is -3.98. The van der Waals surface area contributed by atoms with Crippen LogP contribution in [0.1, 0.15) is 25.0 Å². The summed E-state index contributed by atoms with van der Waals surface area (Å²) in [5.74, 6) is 0.190. The highest BCUT2D eigenvalue weighted by Crippen LogP contribution is 2.34. The van der Waals surface area contributed by atoms with Gasteiger partial charge in [0.1, 0.15) is 0 Å². The lowest BCUT2D eigenvalue weighted by molar-refractivity contribution is -0.138. The zero-order valence-corrected chi connectivity index (χ0v) is 14.2. The molecule has 1 atom stereocenters. The van der Waals surface area contributed by atoms with Crippen molar-refractivity contribution in [3.63, 3.8) is 0 Å². The predicted octanol–water partition coefficient (Wildman–Crippen LogP) is 3.71. The minimum atomic E-state index is -4.58. The van der Waals surface area contributed by atoms with Gasteiger partial charge in [-0.2, -0.15) is 13.2 Å². The van der Waals surface area contributed by atoms with Crippen molar-refractivity contribution in [1.82, 2.24) is 4.72 Å². The summed E-state index contributed by atoms with van der Waals surface area (Å²) in [5, 5.41) is 0. The Morgan fingerprint density at radius 2 is 1.86 bits per heavy atom. The highest BCUT2D eigenvalue weighted by Gasteiger charge is 2.34. The van der Waals surface area contributed by atoms with Gasteiger partial charge < -0.3 is 0 Å². The number of sulfonamides is 1. The third kappa shape index (κ3) is 4.69. The van der Waals surface area contributed by atoms with Gasteiger partial charge in [0, 0.05) is 11.4 Å². The number of hydrogen-bond acceptors (Lipinski definition) is 2. The molecular formula is C13H17BrF3NO2S. The molecule has 1 aromatic carbocycles. The molecule has 8 heteroatoms. The standard InChI is InChI=1S/C13H17BrF3NO2S/c1-8(2)11(14)7-18-21(19,20)12-6-4-5-10(9(12)3)13(15,16)17/h4-6,8,11,18H,7H2,1-3H3. The Hall–Kier alpha value is -0.600. The van der Waals surface area contributed by atoms with Gasteiger partial charge in [0.15, 0.2) is 0 Å². The molecule has 120 valence electrons. The summed E-state index contributed by atoms with van der Waals surface area (Å²) >= 11 is 3.33. The van der Waals surface area contributed by atoms with Crippen LogP contribution >= 0.6 is 15.9 Å². The van der Waals surface area contributed by atoms with Gasteiger partial charge in [0.05, 0.1) is 10.5 Å². The lowest BCUT2D eigenvalue weighted by atomic mass is 10.1. The molecule has 0 aromatic heterocycles. The monoisotopic (exact) mass is 387 g/mol. The van der Waals surface area contributed by atoms with Gasteiger partial charge >= 0.3 is 6.18 Å². The fourth-order valence-corrected chi connectivity index (χ4v) is 3.42. The molecular weight excluding hydrogens is 371 g/mol. The zero-order valence-electron chi connectivity index (χ0n) is 11.8. The van der Waals surface area contributed by atoms with E-state index in [-0.39, 0.29) is 27.7 Å². The van der Waals surface area contributed by atoms with E-state index in [4.69, 9.17) is 0 Å². The largest absolute Gasteiger partial charge is 0.416 e. The first-order chi connectivity index (χ1) is 9.47. The number of alkyl halides is 4. The number of nitrogens with one attached hydrogen (secondary N) is 1. The number of hydrogen-bond donors (Lipinski definition) is 1. The molecule has 0 aliphatic heterocycles. The second-order valence-electron chi connectivity index (χ2n) is 5.04. The first-order valence-corrected chi connectivity index (χ1v) is 8.67. The Morgan fingerprint density at radius 1 is 1.29 bits per heavy atom. The van der Waals surface area contributed by atoms with Gasteiger partial charge in [0.25, 0.3) is 0 Å². The number of benzene rings is 1. The van der Waals surface area contributed by atoms with Gasteiger partial charge in [0.2, 0.25) is 10.0 Å². The van der Waals surface area contributed by atoms with E-state index in [9.17, 15) is 21.6 Å². The topological polar surface area (TPSA) is 46.2 Å². The molecule has 0 saturated carbocycles. The first kappa shape index (κ1) is 18.4. The summed E-state index contributed by atoms with van der Waals surface area (Å²) in [6.45, 7) is 5.08. The third-order valence-corrected chi connectivity index (χ3v) is 6.02. The SMILES string of the molecule is Cc1c(C(F)(F)F)cccc1S(=O)(=O)NCC(Br)C(C)C. The van der Waals surface area contributed by atoms with Crippen molar-refractivity contribution in [2.24, 2.45) is 5.92 Å².